The molecule has 150 valence electrons. The fraction of sp³-hybridized carbons (Fsp3) is 0.217. The zero-order valence-electron chi connectivity index (χ0n) is 15.9. The van der Waals surface area contributed by atoms with Crippen LogP contribution in [0.4, 0.5) is 0 Å². The van der Waals surface area contributed by atoms with Gasteiger partial charge in [-0.2, -0.15) is 0 Å². The van der Waals surface area contributed by atoms with E-state index in [4.69, 9.17) is 4.74 Å². The average Bonchev–Trinajstić information content (AvgIpc) is 3.37. The van der Waals surface area contributed by atoms with Crippen molar-refractivity contribution in [2.75, 3.05) is 6.61 Å². The van der Waals surface area contributed by atoms with Gasteiger partial charge in [0.15, 0.2) is 6.23 Å². The number of aromatic nitrogens is 3. The summed E-state index contributed by atoms with van der Waals surface area (Å²) in [5.74, 6) is 0. The van der Waals surface area contributed by atoms with E-state index in [2.05, 4.69) is 58.8 Å². The monoisotopic (exact) mass is 401 g/mol. The Bertz CT molecular complexity index is 1370. The Hall–Kier alpha value is -3.10. The van der Waals surface area contributed by atoms with Gasteiger partial charge >= 0.3 is 0 Å². The summed E-state index contributed by atoms with van der Waals surface area (Å²) in [7, 11) is 0. The normalized spacial score (nSPS) is 24.5. The third-order valence-corrected chi connectivity index (χ3v) is 6.09. The summed E-state index contributed by atoms with van der Waals surface area (Å²) in [6, 6.07) is 18.9. The summed E-state index contributed by atoms with van der Waals surface area (Å²) in [4.78, 5) is 0. The molecule has 1 aliphatic heterocycles. The molecule has 30 heavy (non-hydrogen) atoms. The van der Waals surface area contributed by atoms with E-state index < -0.39 is 24.5 Å². The van der Waals surface area contributed by atoms with Crippen LogP contribution in [0.1, 0.15) is 6.23 Å². The van der Waals surface area contributed by atoms with E-state index in [0.29, 0.717) is 5.69 Å². The van der Waals surface area contributed by atoms with Gasteiger partial charge in [0.2, 0.25) is 0 Å². The van der Waals surface area contributed by atoms with Crippen molar-refractivity contribution in [2.45, 2.75) is 24.5 Å². The molecule has 1 fully saturated rings. The molecule has 0 amide bonds. The van der Waals surface area contributed by atoms with Crippen LogP contribution < -0.4 is 0 Å². The first-order chi connectivity index (χ1) is 14.7. The lowest BCUT2D eigenvalue weighted by molar-refractivity contribution is -0.0593. The quantitative estimate of drug-likeness (QED) is 0.402. The van der Waals surface area contributed by atoms with Crippen molar-refractivity contribution in [3.8, 4) is 11.3 Å². The molecule has 5 aromatic rings. The highest BCUT2D eigenvalue weighted by Crippen LogP contribution is 2.39. The largest absolute Gasteiger partial charge is 0.394 e. The second-order valence-corrected chi connectivity index (χ2v) is 7.78. The van der Waals surface area contributed by atoms with Crippen LogP contribution in [-0.2, 0) is 4.74 Å². The minimum Gasteiger partial charge on any atom is -0.394 e. The predicted molar refractivity (Wildman–Crippen MR) is 112 cm³/mol. The minimum absolute atomic E-state index is 0.384. The van der Waals surface area contributed by atoms with Crippen molar-refractivity contribution < 1.29 is 20.1 Å². The molecule has 1 aromatic heterocycles. The van der Waals surface area contributed by atoms with Gasteiger partial charge in [-0.1, -0.05) is 59.8 Å². The number of aliphatic hydroxyl groups is 3. The Morgan fingerprint density at radius 3 is 2.30 bits per heavy atom. The zero-order chi connectivity index (χ0) is 20.4. The lowest BCUT2D eigenvalue weighted by Gasteiger charge is -2.14. The van der Waals surface area contributed by atoms with Gasteiger partial charge in [-0.3, -0.25) is 0 Å². The van der Waals surface area contributed by atoms with Gasteiger partial charge in [0.05, 0.1) is 12.8 Å². The molecule has 1 saturated heterocycles. The summed E-state index contributed by atoms with van der Waals surface area (Å²) in [6.07, 6.45) is -2.43. The Labute approximate surface area is 171 Å². The molecule has 0 radical (unpaired) electrons. The highest BCUT2D eigenvalue weighted by Gasteiger charge is 2.44. The molecule has 2 heterocycles. The van der Waals surface area contributed by atoms with Crippen LogP contribution in [0.25, 0.3) is 43.6 Å². The number of benzene rings is 4. The second-order valence-electron chi connectivity index (χ2n) is 7.78. The standard InChI is InChI=1S/C23H19N3O4/c27-11-18-21(28)22(29)23(30-18)26-10-17(24-25-26)15-8-6-14-5-4-12-2-1-3-13-7-9-16(15)20(14)19(12)13/h1-10,18,21-23,27-29H,11H2/t18-,21-,22-,23-/m1/s1. The summed E-state index contributed by atoms with van der Waals surface area (Å²) < 4.78 is 6.96. The van der Waals surface area contributed by atoms with Crippen molar-refractivity contribution in [3.63, 3.8) is 0 Å². The second kappa shape index (κ2) is 6.45. The molecule has 0 aliphatic carbocycles. The van der Waals surface area contributed by atoms with Crippen molar-refractivity contribution in [2.24, 2.45) is 0 Å². The fourth-order valence-electron chi connectivity index (χ4n) is 4.58. The molecule has 0 saturated carbocycles. The first kappa shape index (κ1) is 17.7. The maximum atomic E-state index is 10.3. The molecule has 0 unspecified atom stereocenters. The lowest BCUT2D eigenvalue weighted by Crippen LogP contribution is -2.33. The van der Waals surface area contributed by atoms with Gasteiger partial charge in [0, 0.05) is 5.56 Å². The number of aliphatic hydroxyl groups excluding tert-OH is 3. The molecule has 4 aromatic carbocycles. The van der Waals surface area contributed by atoms with Crippen LogP contribution in [0.5, 0.6) is 0 Å². The van der Waals surface area contributed by atoms with Crippen LogP contribution in [0.2, 0.25) is 0 Å². The SMILES string of the molecule is OC[C@H]1O[C@@H](n2cc(-c3ccc4ccc5cccc6ccc3c4c56)nn2)[C@H](O)[C@@H]1O. The molecule has 6 rings (SSSR count). The minimum atomic E-state index is -1.20. The van der Waals surface area contributed by atoms with E-state index in [0.717, 1.165) is 16.3 Å². The van der Waals surface area contributed by atoms with Crippen molar-refractivity contribution in [3.05, 3.63) is 60.8 Å². The van der Waals surface area contributed by atoms with E-state index in [1.54, 1.807) is 6.20 Å². The maximum absolute atomic E-state index is 10.3. The Balaban J connectivity index is 1.50. The summed E-state index contributed by atoms with van der Waals surface area (Å²) in [6.45, 7) is -0.384. The summed E-state index contributed by atoms with van der Waals surface area (Å²) >= 11 is 0. The van der Waals surface area contributed by atoms with Crippen LogP contribution in [0, 0.1) is 0 Å². The van der Waals surface area contributed by atoms with Crippen LogP contribution in [0.3, 0.4) is 0 Å². The van der Waals surface area contributed by atoms with E-state index in [1.807, 2.05) is 6.07 Å². The third kappa shape index (κ3) is 2.41. The smallest absolute Gasteiger partial charge is 0.180 e. The Morgan fingerprint density at radius 2 is 1.57 bits per heavy atom. The van der Waals surface area contributed by atoms with E-state index in [1.165, 1.54) is 26.2 Å². The van der Waals surface area contributed by atoms with E-state index in [-0.39, 0.29) is 6.61 Å². The van der Waals surface area contributed by atoms with E-state index in [9.17, 15) is 15.3 Å². The first-order valence-corrected chi connectivity index (χ1v) is 9.87. The molecule has 7 heteroatoms. The van der Waals surface area contributed by atoms with Gasteiger partial charge in [-0.05, 0) is 32.3 Å². The van der Waals surface area contributed by atoms with Gasteiger partial charge in [-0.25, -0.2) is 4.68 Å². The summed E-state index contributed by atoms with van der Waals surface area (Å²) in [5, 5.41) is 45.1. The summed E-state index contributed by atoms with van der Waals surface area (Å²) in [5.41, 5.74) is 1.57. The van der Waals surface area contributed by atoms with Crippen LogP contribution in [-0.4, -0.2) is 55.2 Å². The predicted octanol–water partition coefficient (Wildman–Crippen LogP) is 2.45. The molecular formula is C23H19N3O4. The Morgan fingerprint density at radius 1 is 0.867 bits per heavy atom. The fourth-order valence-corrected chi connectivity index (χ4v) is 4.58. The molecule has 3 N–H and O–H groups in total. The molecule has 0 bridgehead atoms. The van der Waals surface area contributed by atoms with Crippen molar-refractivity contribution >= 4 is 32.3 Å². The third-order valence-electron chi connectivity index (χ3n) is 6.09. The lowest BCUT2D eigenvalue weighted by atomic mass is 9.91. The average molecular weight is 401 g/mol. The van der Waals surface area contributed by atoms with Crippen molar-refractivity contribution in [1.82, 2.24) is 15.0 Å². The number of hydrogen-bond acceptors (Lipinski definition) is 6. The molecule has 0 spiro atoms. The Kier molecular flexibility index (Phi) is 3.81. The number of ether oxygens (including phenoxy) is 1. The highest BCUT2D eigenvalue weighted by atomic mass is 16.6. The number of rotatable bonds is 3. The van der Waals surface area contributed by atoms with Crippen molar-refractivity contribution in [1.29, 1.82) is 0 Å². The van der Waals surface area contributed by atoms with Gasteiger partial charge in [0.25, 0.3) is 0 Å². The van der Waals surface area contributed by atoms with E-state index >= 15 is 0 Å². The topological polar surface area (TPSA) is 101 Å². The molecule has 1 aliphatic rings. The van der Waals surface area contributed by atoms with Gasteiger partial charge in [0.1, 0.15) is 24.0 Å². The number of nitrogens with zero attached hydrogens (tertiary/aromatic N) is 3. The highest BCUT2D eigenvalue weighted by molar-refractivity contribution is 6.25. The van der Waals surface area contributed by atoms with Gasteiger partial charge < -0.3 is 20.1 Å². The zero-order valence-corrected chi connectivity index (χ0v) is 15.9. The number of hydrogen-bond donors (Lipinski definition) is 3. The molecule has 4 atom stereocenters. The molecular weight excluding hydrogens is 382 g/mol. The maximum Gasteiger partial charge on any atom is 0.180 e. The van der Waals surface area contributed by atoms with Crippen LogP contribution >= 0.6 is 0 Å². The molecule has 7 nitrogen and oxygen atoms in total. The van der Waals surface area contributed by atoms with Crippen LogP contribution in [0.15, 0.2) is 60.8 Å². The first-order valence-electron chi connectivity index (χ1n) is 9.87. The van der Waals surface area contributed by atoms with Gasteiger partial charge in [-0.15, -0.1) is 5.10 Å².